The molecule has 2 aromatic rings. The van der Waals surface area contributed by atoms with Crippen LogP contribution in [-0.2, 0) is 16.1 Å². The van der Waals surface area contributed by atoms with Crippen molar-refractivity contribution in [1.29, 1.82) is 0 Å². The van der Waals surface area contributed by atoms with Gasteiger partial charge >= 0.3 is 0 Å². The number of rotatable bonds is 5. The fraction of sp³-hybridized carbons (Fsp3) is 0.520. The van der Waals surface area contributed by atoms with Crippen LogP contribution in [-0.4, -0.2) is 70.9 Å². The molecule has 5 heterocycles. The first kappa shape index (κ1) is 23.2. The lowest BCUT2D eigenvalue weighted by Crippen LogP contribution is -2.45. The van der Waals surface area contributed by atoms with Gasteiger partial charge in [-0.15, -0.1) is 22.7 Å². The molecule has 9 heteroatoms. The molecule has 180 valence electrons. The van der Waals surface area contributed by atoms with Crippen molar-refractivity contribution in [2.24, 2.45) is 11.3 Å². The predicted octanol–water partition coefficient (Wildman–Crippen LogP) is 3.52. The van der Waals surface area contributed by atoms with Crippen molar-refractivity contribution < 1.29 is 19.2 Å². The van der Waals surface area contributed by atoms with Crippen LogP contribution >= 0.6 is 22.7 Å². The molecule has 1 spiro atoms. The van der Waals surface area contributed by atoms with E-state index in [1.807, 2.05) is 32.2 Å². The number of likely N-dealkylation sites (tertiary alicyclic amines) is 3. The van der Waals surface area contributed by atoms with Gasteiger partial charge < -0.3 is 14.7 Å². The number of carbonyl (C=O) groups is 4. The summed E-state index contributed by atoms with van der Waals surface area (Å²) in [4.78, 5) is 58.2. The summed E-state index contributed by atoms with van der Waals surface area (Å²) in [7, 11) is 0. The van der Waals surface area contributed by atoms with E-state index in [1.54, 1.807) is 23.5 Å². The number of amides is 3. The molecule has 7 nitrogen and oxygen atoms in total. The second-order valence-electron chi connectivity index (χ2n) is 9.78. The van der Waals surface area contributed by atoms with E-state index in [0.29, 0.717) is 42.4 Å². The quantitative estimate of drug-likeness (QED) is 0.590. The Labute approximate surface area is 207 Å². The van der Waals surface area contributed by atoms with E-state index in [-0.39, 0.29) is 34.8 Å². The summed E-state index contributed by atoms with van der Waals surface area (Å²) in [5, 5.41) is 2.00. The average molecular weight is 500 g/mol. The number of Topliss-reactive ketones (excluding diaryl/α,β-unsaturated/α-hetero) is 1. The summed E-state index contributed by atoms with van der Waals surface area (Å²) in [6.07, 6.45) is 3.01. The van der Waals surface area contributed by atoms with E-state index < -0.39 is 0 Å². The number of ketones is 1. The topological polar surface area (TPSA) is 78.0 Å². The van der Waals surface area contributed by atoms with Crippen molar-refractivity contribution in [2.45, 2.75) is 39.2 Å². The van der Waals surface area contributed by atoms with Crippen LogP contribution in [0, 0.1) is 11.3 Å². The third kappa shape index (κ3) is 4.55. The number of hydrogen-bond donors (Lipinski definition) is 0. The minimum Gasteiger partial charge on any atom is -0.342 e. The van der Waals surface area contributed by atoms with E-state index in [4.69, 9.17) is 0 Å². The van der Waals surface area contributed by atoms with Crippen LogP contribution in [0.3, 0.4) is 0 Å². The Morgan fingerprint density at radius 1 is 1.03 bits per heavy atom. The van der Waals surface area contributed by atoms with Crippen LogP contribution in [0.4, 0.5) is 0 Å². The highest BCUT2D eigenvalue weighted by Crippen LogP contribution is 2.41. The molecule has 0 radical (unpaired) electrons. The van der Waals surface area contributed by atoms with Crippen molar-refractivity contribution in [3.05, 3.63) is 44.3 Å². The molecule has 0 aromatic carbocycles. The molecule has 0 N–H and O–H groups in total. The Kier molecular flexibility index (Phi) is 6.33. The summed E-state index contributed by atoms with van der Waals surface area (Å²) in [6, 6.07) is 7.47. The minimum absolute atomic E-state index is 0.00594. The van der Waals surface area contributed by atoms with Crippen molar-refractivity contribution in [3.8, 4) is 0 Å². The van der Waals surface area contributed by atoms with Gasteiger partial charge in [-0.2, -0.15) is 0 Å². The first-order valence-corrected chi connectivity index (χ1v) is 13.5. The Morgan fingerprint density at radius 2 is 1.74 bits per heavy atom. The maximum atomic E-state index is 13.2. The summed E-state index contributed by atoms with van der Waals surface area (Å²) in [5.41, 5.74) is 0.0612. The molecular weight excluding hydrogens is 470 g/mol. The fourth-order valence-electron chi connectivity index (χ4n) is 5.45. The molecule has 3 aliphatic rings. The van der Waals surface area contributed by atoms with Gasteiger partial charge in [-0.3, -0.25) is 19.2 Å². The van der Waals surface area contributed by atoms with Gasteiger partial charge in [-0.25, -0.2) is 0 Å². The molecule has 5 rings (SSSR count). The number of hydrogen-bond acceptors (Lipinski definition) is 6. The van der Waals surface area contributed by atoms with Crippen LogP contribution in [0.2, 0.25) is 0 Å². The highest BCUT2D eigenvalue weighted by atomic mass is 32.1. The van der Waals surface area contributed by atoms with Crippen LogP contribution in [0.15, 0.2) is 29.6 Å². The SMILES string of the molecule is CC(=O)c1ccc(C(=O)N2CCC3(CC2)CCN(C(=O)C2CC(=O)N(Cc4cccs4)C2)C3)s1. The summed E-state index contributed by atoms with van der Waals surface area (Å²) >= 11 is 2.89. The number of thiophene rings is 2. The van der Waals surface area contributed by atoms with Crippen LogP contribution in [0.1, 0.15) is 56.8 Å². The molecule has 1 atom stereocenters. The average Bonchev–Trinajstić information content (AvgIpc) is 3.62. The highest BCUT2D eigenvalue weighted by molar-refractivity contribution is 7.16. The van der Waals surface area contributed by atoms with Gasteiger partial charge in [0.25, 0.3) is 5.91 Å². The standard InChI is InChI=1S/C25H29N3O4S2/c1-17(29)20-4-5-21(34-20)24(32)26-9-6-25(7-10-26)8-11-27(16-25)23(31)18-13-22(30)28(14-18)15-19-3-2-12-33-19/h2-5,12,18H,6-11,13-16H2,1H3. The van der Waals surface area contributed by atoms with Gasteiger partial charge in [-0.1, -0.05) is 6.07 Å². The smallest absolute Gasteiger partial charge is 0.263 e. The number of carbonyl (C=O) groups excluding carboxylic acids is 4. The fourth-order valence-corrected chi connectivity index (χ4v) is 7.04. The van der Waals surface area contributed by atoms with Gasteiger partial charge in [0.2, 0.25) is 11.8 Å². The molecule has 3 saturated heterocycles. The lowest BCUT2D eigenvalue weighted by atomic mass is 9.77. The zero-order chi connectivity index (χ0) is 23.9. The van der Waals surface area contributed by atoms with E-state index in [9.17, 15) is 19.2 Å². The van der Waals surface area contributed by atoms with Crippen molar-refractivity contribution in [2.75, 3.05) is 32.7 Å². The third-order valence-electron chi connectivity index (χ3n) is 7.52. The van der Waals surface area contributed by atoms with Gasteiger partial charge in [0.15, 0.2) is 5.78 Å². The Morgan fingerprint density at radius 3 is 2.38 bits per heavy atom. The molecule has 0 aliphatic carbocycles. The number of piperidine rings is 1. The van der Waals surface area contributed by atoms with E-state index in [1.165, 1.54) is 18.3 Å². The van der Waals surface area contributed by atoms with Crippen molar-refractivity contribution in [3.63, 3.8) is 0 Å². The normalized spacial score (nSPS) is 22.1. The second kappa shape index (κ2) is 9.26. The zero-order valence-corrected chi connectivity index (χ0v) is 21.0. The molecule has 34 heavy (non-hydrogen) atoms. The van der Waals surface area contributed by atoms with Gasteiger partial charge in [0, 0.05) is 44.0 Å². The maximum absolute atomic E-state index is 13.2. The lowest BCUT2D eigenvalue weighted by molar-refractivity contribution is -0.135. The molecule has 2 aromatic heterocycles. The van der Waals surface area contributed by atoms with Crippen LogP contribution < -0.4 is 0 Å². The lowest BCUT2D eigenvalue weighted by Gasteiger charge is -2.39. The third-order valence-corrected chi connectivity index (χ3v) is 9.55. The first-order chi connectivity index (χ1) is 16.3. The number of nitrogens with zero attached hydrogens (tertiary/aromatic N) is 3. The largest absolute Gasteiger partial charge is 0.342 e. The van der Waals surface area contributed by atoms with Crippen molar-refractivity contribution >= 4 is 46.2 Å². The summed E-state index contributed by atoms with van der Waals surface area (Å²) in [5.74, 6) is -0.107. The first-order valence-electron chi connectivity index (χ1n) is 11.8. The van der Waals surface area contributed by atoms with Crippen LogP contribution in [0.25, 0.3) is 0 Å². The molecule has 3 amide bonds. The summed E-state index contributed by atoms with van der Waals surface area (Å²) < 4.78 is 0. The molecular formula is C25H29N3O4S2. The monoisotopic (exact) mass is 499 g/mol. The maximum Gasteiger partial charge on any atom is 0.263 e. The highest BCUT2D eigenvalue weighted by Gasteiger charge is 2.45. The van der Waals surface area contributed by atoms with Crippen LogP contribution in [0.5, 0.6) is 0 Å². The van der Waals surface area contributed by atoms with Gasteiger partial charge in [0.1, 0.15) is 0 Å². The van der Waals surface area contributed by atoms with Gasteiger partial charge in [-0.05, 0) is 55.2 Å². The van der Waals surface area contributed by atoms with E-state index >= 15 is 0 Å². The second-order valence-corrected chi connectivity index (χ2v) is 11.9. The predicted molar refractivity (Wildman–Crippen MR) is 131 cm³/mol. The summed E-state index contributed by atoms with van der Waals surface area (Å²) in [6.45, 7) is 5.40. The van der Waals surface area contributed by atoms with E-state index in [2.05, 4.69) is 0 Å². The zero-order valence-electron chi connectivity index (χ0n) is 19.3. The Hall–Kier alpha value is -2.52. The van der Waals surface area contributed by atoms with Crippen molar-refractivity contribution in [1.82, 2.24) is 14.7 Å². The molecule has 3 aliphatic heterocycles. The molecule has 0 bridgehead atoms. The Bertz CT molecular complexity index is 1100. The van der Waals surface area contributed by atoms with E-state index in [0.717, 1.165) is 37.2 Å². The molecule has 1 unspecified atom stereocenters. The molecule has 3 fully saturated rings. The minimum atomic E-state index is -0.251. The molecule has 0 saturated carbocycles. The van der Waals surface area contributed by atoms with Gasteiger partial charge in [0.05, 0.1) is 22.2 Å². The Balaban J connectivity index is 1.14.